The van der Waals surface area contributed by atoms with E-state index in [1.54, 1.807) is 18.5 Å². The Balaban J connectivity index is 1.88. The topological polar surface area (TPSA) is 96.2 Å². The number of hydrogen-bond donors (Lipinski definition) is 2. The van der Waals surface area contributed by atoms with E-state index in [2.05, 4.69) is 15.0 Å². The zero-order chi connectivity index (χ0) is 20.7. The van der Waals surface area contributed by atoms with E-state index < -0.39 is 7.60 Å². The molecule has 5 rings (SSSR count). The molecule has 30 heavy (non-hydrogen) atoms. The molecule has 2 N–H and O–H groups in total. The van der Waals surface area contributed by atoms with Gasteiger partial charge < -0.3 is 9.79 Å². The van der Waals surface area contributed by atoms with Crippen LogP contribution in [0.2, 0.25) is 0 Å². The lowest BCUT2D eigenvalue weighted by atomic mass is 9.93. The molecule has 0 aliphatic heterocycles. The first kappa shape index (κ1) is 18.6. The minimum atomic E-state index is -4.48. The van der Waals surface area contributed by atoms with Gasteiger partial charge in [-0.15, -0.1) is 0 Å². The quantitative estimate of drug-likeness (QED) is 0.428. The Kier molecular flexibility index (Phi) is 4.40. The van der Waals surface area contributed by atoms with Crippen LogP contribution < -0.4 is 5.44 Å². The number of fused-ring (bicyclic) bond motifs is 2. The lowest BCUT2D eigenvalue weighted by Gasteiger charge is -2.14. The van der Waals surface area contributed by atoms with Crippen LogP contribution in [-0.4, -0.2) is 24.7 Å². The molecule has 3 aromatic carbocycles. The molecule has 0 unspecified atom stereocenters. The van der Waals surface area contributed by atoms with Crippen LogP contribution in [0.15, 0.2) is 85.5 Å². The summed E-state index contributed by atoms with van der Waals surface area (Å²) in [7, 11) is -4.48. The predicted octanol–water partition coefficient (Wildman–Crippen LogP) is 4.32. The summed E-state index contributed by atoms with van der Waals surface area (Å²) in [6.07, 6.45) is 4.95. The van der Waals surface area contributed by atoms with Crippen molar-refractivity contribution >= 4 is 34.7 Å². The molecule has 0 aliphatic carbocycles. The van der Waals surface area contributed by atoms with Crippen molar-refractivity contribution in [1.29, 1.82) is 0 Å². The van der Waals surface area contributed by atoms with Gasteiger partial charge in [0.05, 0.1) is 5.52 Å². The molecule has 0 atom stereocenters. The predicted molar refractivity (Wildman–Crippen MR) is 117 cm³/mol. The third-order valence-corrected chi connectivity index (χ3v) is 5.90. The lowest BCUT2D eigenvalue weighted by Crippen LogP contribution is -2.09. The molecule has 146 valence electrons. The van der Waals surface area contributed by atoms with Crippen molar-refractivity contribution in [2.24, 2.45) is 0 Å². The van der Waals surface area contributed by atoms with Gasteiger partial charge in [0.1, 0.15) is 6.33 Å². The summed E-state index contributed by atoms with van der Waals surface area (Å²) in [5.41, 5.74) is 3.77. The van der Waals surface area contributed by atoms with E-state index in [-0.39, 0.29) is 5.44 Å². The molecule has 6 nitrogen and oxygen atoms in total. The van der Waals surface area contributed by atoms with Crippen LogP contribution in [0.1, 0.15) is 0 Å². The van der Waals surface area contributed by atoms with E-state index in [4.69, 9.17) is 0 Å². The molecule has 2 aromatic heterocycles. The highest BCUT2D eigenvalue weighted by molar-refractivity contribution is 7.60. The first-order valence-electron chi connectivity index (χ1n) is 9.25. The number of benzene rings is 3. The maximum absolute atomic E-state index is 11.8. The normalized spacial score (nSPS) is 11.8. The number of hydrogen-bond acceptors (Lipinski definition) is 4. The van der Waals surface area contributed by atoms with Crippen LogP contribution in [0.3, 0.4) is 0 Å². The Morgan fingerprint density at radius 3 is 2.30 bits per heavy atom. The maximum Gasteiger partial charge on any atom is 0.374 e. The molecule has 7 heteroatoms. The largest absolute Gasteiger partial charge is 0.374 e. The summed E-state index contributed by atoms with van der Waals surface area (Å²) in [6, 6.07) is 21.0. The van der Waals surface area contributed by atoms with E-state index in [1.807, 2.05) is 54.6 Å². The summed E-state index contributed by atoms with van der Waals surface area (Å²) in [6.45, 7) is 0. The van der Waals surface area contributed by atoms with Crippen molar-refractivity contribution in [2.45, 2.75) is 0 Å². The van der Waals surface area contributed by atoms with Crippen LogP contribution in [0.4, 0.5) is 0 Å². The minimum absolute atomic E-state index is 0.243. The zero-order valence-electron chi connectivity index (χ0n) is 15.7. The Morgan fingerprint density at radius 2 is 1.50 bits per heavy atom. The van der Waals surface area contributed by atoms with Gasteiger partial charge in [0.25, 0.3) is 0 Å². The van der Waals surface area contributed by atoms with Crippen molar-refractivity contribution in [3.63, 3.8) is 0 Å². The summed E-state index contributed by atoms with van der Waals surface area (Å²) >= 11 is 0. The second-order valence-corrected chi connectivity index (χ2v) is 8.51. The van der Waals surface area contributed by atoms with Crippen molar-refractivity contribution < 1.29 is 14.4 Å². The average molecular weight is 413 g/mol. The van der Waals surface area contributed by atoms with E-state index in [9.17, 15) is 14.4 Å². The monoisotopic (exact) mass is 413 g/mol. The van der Waals surface area contributed by atoms with Crippen LogP contribution in [0.25, 0.3) is 43.9 Å². The van der Waals surface area contributed by atoms with Crippen molar-refractivity contribution in [3.8, 4) is 22.3 Å². The fraction of sp³-hybridized carbons (Fsp3) is 0. The zero-order valence-corrected chi connectivity index (χ0v) is 16.6. The van der Waals surface area contributed by atoms with E-state index in [0.29, 0.717) is 5.52 Å². The molecule has 0 saturated carbocycles. The first-order chi connectivity index (χ1) is 14.5. The third kappa shape index (κ3) is 3.27. The van der Waals surface area contributed by atoms with E-state index in [0.717, 1.165) is 38.4 Å². The second kappa shape index (κ2) is 7.11. The molecular formula is C23H16N3O3P. The van der Waals surface area contributed by atoms with Crippen LogP contribution in [-0.2, 0) is 4.57 Å². The van der Waals surface area contributed by atoms with Crippen LogP contribution in [0, 0.1) is 0 Å². The van der Waals surface area contributed by atoms with Gasteiger partial charge in [0.2, 0.25) is 0 Å². The summed E-state index contributed by atoms with van der Waals surface area (Å²) in [4.78, 5) is 31.9. The number of nitrogens with zero attached hydrogens (tertiary/aromatic N) is 3. The van der Waals surface area contributed by atoms with Gasteiger partial charge in [-0.2, -0.15) is 0 Å². The standard InChI is InChI=1S/C23H16N3O3P/c27-30(28,29)22-9-8-16-10-17(18-12-24-14-25-13-18)11-21(23(16)26-22)20-7-3-5-15-4-1-2-6-19(15)20/h1-14H,(H2,27,28,29). The maximum atomic E-state index is 11.8. The Labute approximate surface area is 172 Å². The van der Waals surface area contributed by atoms with Crippen molar-refractivity contribution in [1.82, 2.24) is 15.0 Å². The van der Waals surface area contributed by atoms with Gasteiger partial charge >= 0.3 is 7.60 Å². The van der Waals surface area contributed by atoms with Gasteiger partial charge in [0.15, 0.2) is 5.44 Å². The van der Waals surface area contributed by atoms with Crippen LogP contribution >= 0.6 is 7.60 Å². The Morgan fingerprint density at radius 1 is 0.733 bits per heavy atom. The van der Waals surface area contributed by atoms with E-state index in [1.165, 1.54) is 12.4 Å². The van der Waals surface area contributed by atoms with Gasteiger partial charge in [-0.25, -0.2) is 15.0 Å². The van der Waals surface area contributed by atoms with Gasteiger partial charge in [-0.1, -0.05) is 48.5 Å². The molecule has 0 fully saturated rings. The van der Waals surface area contributed by atoms with E-state index >= 15 is 0 Å². The molecule has 0 radical (unpaired) electrons. The SMILES string of the molecule is O=P(O)(O)c1ccc2cc(-c3cncnc3)cc(-c3cccc4ccccc34)c2n1. The van der Waals surface area contributed by atoms with Crippen LogP contribution in [0.5, 0.6) is 0 Å². The summed E-state index contributed by atoms with van der Waals surface area (Å²) in [5.74, 6) is 0. The van der Waals surface area contributed by atoms with Gasteiger partial charge in [0, 0.05) is 28.9 Å². The van der Waals surface area contributed by atoms with Crippen molar-refractivity contribution in [2.75, 3.05) is 0 Å². The number of aromatic nitrogens is 3. The highest BCUT2D eigenvalue weighted by Gasteiger charge is 2.21. The lowest BCUT2D eigenvalue weighted by molar-refractivity contribution is 0.386. The fourth-order valence-corrected chi connectivity index (χ4v) is 4.17. The Hall–Kier alpha value is -3.44. The fourth-order valence-electron chi connectivity index (χ4n) is 3.67. The second-order valence-electron chi connectivity index (χ2n) is 6.96. The molecular weight excluding hydrogens is 397 g/mol. The molecule has 5 aromatic rings. The van der Waals surface area contributed by atoms with Gasteiger partial charge in [-0.05, 0) is 40.1 Å². The molecule has 0 spiro atoms. The molecule has 0 bridgehead atoms. The Bertz CT molecular complexity index is 1440. The smallest absolute Gasteiger partial charge is 0.320 e. The molecule has 0 saturated heterocycles. The molecule has 0 amide bonds. The summed E-state index contributed by atoms with van der Waals surface area (Å²) in [5, 5.41) is 2.88. The highest BCUT2D eigenvalue weighted by Crippen LogP contribution is 2.38. The number of rotatable bonds is 3. The summed E-state index contributed by atoms with van der Waals surface area (Å²) < 4.78 is 11.8. The van der Waals surface area contributed by atoms with Gasteiger partial charge in [-0.3, -0.25) is 4.57 Å². The first-order valence-corrected chi connectivity index (χ1v) is 10.9. The molecule has 2 heterocycles. The average Bonchev–Trinajstić information content (AvgIpc) is 2.77. The number of pyridine rings is 1. The third-order valence-electron chi connectivity index (χ3n) is 5.05. The minimum Gasteiger partial charge on any atom is -0.320 e. The van der Waals surface area contributed by atoms with Crippen molar-refractivity contribution in [3.05, 3.63) is 85.5 Å². The highest BCUT2D eigenvalue weighted by atomic mass is 31.2. The molecule has 0 aliphatic rings.